The lowest BCUT2D eigenvalue weighted by molar-refractivity contribution is -0.140. The normalized spacial score (nSPS) is 38.3. The van der Waals surface area contributed by atoms with Gasteiger partial charge in [0.15, 0.2) is 0 Å². The molecule has 0 spiro atoms. The number of imide groups is 1. The topological polar surface area (TPSA) is 66.5 Å². The molecule has 23 heavy (non-hydrogen) atoms. The van der Waals surface area contributed by atoms with Crippen molar-refractivity contribution >= 4 is 17.7 Å². The number of allylic oxidation sites excluding steroid dienone is 2. The number of carbonyl (C=O) groups is 3. The minimum Gasteiger partial charge on any atom is -0.353 e. The highest BCUT2D eigenvalue weighted by molar-refractivity contribution is 6.05. The summed E-state index contributed by atoms with van der Waals surface area (Å²) in [5.41, 5.74) is 0. The first-order chi connectivity index (χ1) is 11.1. The Morgan fingerprint density at radius 3 is 2.35 bits per heavy atom. The first-order valence-corrected chi connectivity index (χ1v) is 8.93. The first-order valence-electron chi connectivity index (χ1n) is 8.93. The van der Waals surface area contributed by atoms with Crippen LogP contribution in [0.25, 0.3) is 0 Å². The predicted octanol–water partition coefficient (Wildman–Crippen LogP) is 1.63. The summed E-state index contributed by atoms with van der Waals surface area (Å²) in [6.07, 6.45) is 10.4. The lowest BCUT2D eigenvalue weighted by Gasteiger charge is -2.23. The Labute approximate surface area is 136 Å². The molecule has 1 heterocycles. The summed E-state index contributed by atoms with van der Waals surface area (Å²) < 4.78 is 0. The van der Waals surface area contributed by atoms with Gasteiger partial charge < -0.3 is 5.32 Å². The van der Waals surface area contributed by atoms with Crippen molar-refractivity contribution in [3.63, 3.8) is 0 Å². The minimum atomic E-state index is -0.193. The number of amides is 3. The summed E-state index contributed by atoms with van der Waals surface area (Å²) in [7, 11) is 0. The van der Waals surface area contributed by atoms with E-state index in [1.807, 2.05) is 12.2 Å². The average Bonchev–Trinajstić information content (AvgIpc) is 3.22. The van der Waals surface area contributed by atoms with E-state index in [0.29, 0.717) is 24.8 Å². The largest absolute Gasteiger partial charge is 0.353 e. The standard InChI is InChI=1S/C18H24N2O3/c21-16(19-15-10-11-5-6-12(15)9-11)7-8-20-17(22)13-3-1-2-4-14(13)18(20)23/h1-2,11-15H,3-10H2,(H,19,21)/t11-,12-,13-,14+,15+/m0/s1. The van der Waals surface area contributed by atoms with Crippen molar-refractivity contribution in [3.8, 4) is 0 Å². The van der Waals surface area contributed by atoms with Crippen molar-refractivity contribution in [1.29, 1.82) is 0 Å². The zero-order valence-corrected chi connectivity index (χ0v) is 13.4. The van der Waals surface area contributed by atoms with Crippen molar-refractivity contribution in [2.24, 2.45) is 23.7 Å². The van der Waals surface area contributed by atoms with Crippen molar-refractivity contribution in [3.05, 3.63) is 12.2 Å². The molecular formula is C18H24N2O3. The lowest BCUT2D eigenvalue weighted by atomic mass is 9.85. The number of nitrogens with zero attached hydrogens (tertiary/aromatic N) is 1. The summed E-state index contributed by atoms with van der Waals surface area (Å²) in [4.78, 5) is 38.2. The molecule has 3 fully saturated rings. The monoisotopic (exact) mass is 316 g/mol. The molecule has 5 nitrogen and oxygen atoms in total. The first kappa shape index (κ1) is 14.9. The molecule has 2 bridgehead atoms. The molecule has 1 N–H and O–H groups in total. The highest BCUT2D eigenvalue weighted by atomic mass is 16.2. The maximum absolute atomic E-state index is 12.4. The van der Waals surface area contributed by atoms with E-state index < -0.39 is 0 Å². The van der Waals surface area contributed by atoms with Crippen molar-refractivity contribution in [1.82, 2.24) is 10.2 Å². The number of likely N-dealkylation sites (tertiary alicyclic amines) is 1. The minimum absolute atomic E-state index is 0.0175. The summed E-state index contributed by atoms with van der Waals surface area (Å²) >= 11 is 0. The van der Waals surface area contributed by atoms with Gasteiger partial charge >= 0.3 is 0 Å². The highest BCUT2D eigenvalue weighted by Crippen LogP contribution is 2.44. The van der Waals surface area contributed by atoms with Crippen LogP contribution < -0.4 is 5.32 Å². The molecule has 0 radical (unpaired) electrons. The Kier molecular flexibility index (Phi) is 3.74. The van der Waals surface area contributed by atoms with Gasteiger partial charge in [0, 0.05) is 19.0 Å². The van der Waals surface area contributed by atoms with E-state index in [-0.39, 0.29) is 42.5 Å². The lowest BCUT2D eigenvalue weighted by Crippen LogP contribution is -2.41. The summed E-state index contributed by atoms with van der Waals surface area (Å²) in [5.74, 6) is 0.864. The van der Waals surface area contributed by atoms with Gasteiger partial charge in [0.2, 0.25) is 17.7 Å². The number of nitrogens with one attached hydrogen (secondary N) is 1. The Morgan fingerprint density at radius 2 is 1.78 bits per heavy atom. The van der Waals surface area contributed by atoms with E-state index in [2.05, 4.69) is 5.32 Å². The van der Waals surface area contributed by atoms with Crippen LogP contribution >= 0.6 is 0 Å². The molecule has 4 rings (SSSR count). The SMILES string of the molecule is O=C(CCN1C(=O)[C@H]2CC=CC[C@H]2C1=O)N[C@@H]1C[C@H]2CC[C@H]1C2. The quantitative estimate of drug-likeness (QED) is 0.633. The Morgan fingerprint density at radius 1 is 1.09 bits per heavy atom. The summed E-state index contributed by atoms with van der Waals surface area (Å²) in [6, 6.07) is 0.318. The smallest absolute Gasteiger partial charge is 0.233 e. The van der Waals surface area contributed by atoms with E-state index in [0.717, 1.165) is 12.3 Å². The van der Waals surface area contributed by atoms with E-state index in [1.165, 1.54) is 24.2 Å². The molecule has 2 saturated carbocycles. The number of hydrogen-bond acceptors (Lipinski definition) is 3. The summed E-state index contributed by atoms with van der Waals surface area (Å²) in [6.45, 7) is 0.233. The molecule has 5 atom stereocenters. The maximum atomic E-state index is 12.4. The fourth-order valence-corrected chi connectivity index (χ4v) is 5.00. The number of rotatable bonds is 4. The molecule has 0 aromatic heterocycles. The highest BCUT2D eigenvalue weighted by Gasteiger charge is 2.47. The zero-order chi connectivity index (χ0) is 16.0. The molecule has 3 aliphatic carbocycles. The molecule has 1 aliphatic heterocycles. The van der Waals surface area contributed by atoms with Crippen molar-refractivity contribution in [2.45, 2.75) is 51.0 Å². The van der Waals surface area contributed by atoms with Gasteiger partial charge in [-0.2, -0.15) is 0 Å². The summed E-state index contributed by atoms with van der Waals surface area (Å²) in [5, 5.41) is 3.13. The van der Waals surface area contributed by atoms with Gasteiger partial charge in [-0.15, -0.1) is 0 Å². The van der Waals surface area contributed by atoms with E-state index in [9.17, 15) is 14.4 Å². The Bertz CT molecular complexity index is 545. The van der Waals surface area contributed by atoms with Crippen LogP contribution in [0, 0.1) is 23.7 Å². The van der Waals surface area contributed by atoms with Gasteiger partial charge in [-0.05, 0) is 43.9 Å². The van der Waals surface area contributed by atoms with Crippen LogP contribution in [-0.2, 0) is 14.4 Å². The van der Waals surface area contributed by atoms with Crippen LogP contribution in [0.15, 0.2) is 12.2 Å². The van der Waals surface area contributed by atoms with Gasteiger partial charge in [0.05, 0.1) is 11.8 Å². The molecule has 124 valence electrons. The van der Waals surface area contributed by atoms with Gasteiger partial charge in [-0.1, -0.05) is 18.6 Å². The Balaban J connectivity index is 1.30. The molecule has 5 heteroatoms. The predicted molar refractivity (Wildman–Crippen MR) is 84.1 cm³/mol. The number of hydrogen-bond donors (Lipinski definition) is 1. The number of fused-ring (bicyclic) bond motifs is 3. The molecule has 3 amide bonds. The molecule has 0 aromatic carbocycles. The number of carbonyl (C=O) groups excluding carboxylic acids is 3. The van der Waals surface area contributed by atoms with Gasteiger partial charge in [0.1, 0.15) is 0 Å². The second-order valence-corrected chi connectivity index (χ2v) is 7.58. The Hall–Kier alpha value is -1.65. The van der Waals surface area contributed by atoms with Crippen molar-refractivity contribution < 1.29 is 14.4 Å². The van der Waals surface area contributed by atoms with Gasteiger partial charge in [-0.3, -0.25) is 19.3 Å². The van der Waals surface area contributed by atoms with Crippen LogP contribution in [0.5, 0.6) is 0 Å². The molecule has 1 saturated heterocycles. The van der Waals surface area contributed by atoms with E-state index in [4.69, 9.17) is 0 Å². The second-order valence-electron chi connectivity index (χ2n) is 7.58. The van der Waals surface area contributed by atoms with Crippen LogP contribution in [0.3, 0.4) is 0 Å². The fraction of sp³-hybridized carbons (Fsp3) is 0.722. The van der Waals surface area contributed by atoms with E-state index >= 15 is 0 Å². The van der Waals surface area contributed by atoms with Gasteiger partial charge in [-0.25, -0.2) is 0 Å². The molecule has 0 aromatic rings. The van der Waals surface area contributed by atoms with Crippen LogP contribution in [-0.4, -0.2) is 35.2 Å². The molecule has 0 unspecified atom stereocenters. The van der Waals surface area contributed by atoms with Crippen molar-refractivity contribution in [2.75, 3.05) is 6.54 Å². The maximum Gasteiger partial charge on any atom is 0.233 e. The second kappa shape index (κ2) is 5.77. The van der Waals surface area contributed by atoms with E-state index in [1.54, 1.807) is 0 Å². The molecular weight excluding hydrogens is 292 g/mol. The average molecular weight is 316 g/mol. The van der Waals surface area contributed by atoms with Crippen LogP contribution in [0.1, 0.15) is 44.9 Å². The third-order valence-electron chi connectivity index (χ3n) is 6.25. The third kappa shape index (κ3) is 2.60. The fourth-order valence-electron chi connectivity index (χ4n) is 5.00. The third-order valence-corrected chi connectivity index (χ3v) is 6.25. The van der Waals surface area contributed by atoms with Crippen LogP contribution in [0.2, 0.25) is 0 Å². The molecule has 4 aliphatic rings. The van der Waals surface area contributed by atoms with Gasteiger partial charge in [0.25, 0.3) is 0 Å². The van der Waals surface area contributed by atoms with Crippen LogP contribution in [0.4, 0.5) is 0 Å². The zero-order valence-electron chi connectivity index (χ0n) is 13.4.